The molecule has 90 valence electrons. The van der Waals surface area contributed by atoms with Crippen molar-refractivity contribution in [3.63, 3.8) is 0 Å². The second-order valence-electron chi connectivity index (χ2n) is 3.95. The van der Waals surface area contributed by atoms with Gasteiger partial charge in [0.15, 0.2) is 0 Å². The van der Waals surface area contributed by atoms with Gasteiger partial charge in [0.2, 0.25) is 5.88 Å². The first-order valence-corrected chi connectivity index (χ1v) is 5.65. The van der Waals surface area contributed by atoms with Crippen LogP contribution in [0.15, 0.2) is 6.07 Å². The number of anilines is 1. The molecular weight excluding hydrogens is 204 g/mol. The lowest BCUT2D eigenvalue weighted by Crippen LogP contribution is -2.12. The Kier molecular flexibility index (Phi) is 4.98. The second-order valence-corrected chi connectivity index (χ2v) is 3.95. The Morgan fingerprint density at radius 3 is 2.75 bits per heavy atom. The largest absolute Gasteiger partial charge is 0.478 e. The molecule has 0 amide bonds. The lowest BCUT2D eigenvalue weighted by molar-refractivity contribution is 0.296. The fourth-order valence-electron chi connectivity index (χ4n) is 1.17. The van der Waals surface area contributed by atoms with Gasteiger partial charge >= 0.3 is 0 Å². The summed E-state index contributed by atoms with van der Waals surface area (Å²) in [6, 6.07) is 1.71. The van der Waals surface area contributed by atoms with Crippen molar-refractivity contribution >= 4 is 5.82 Å². The van der Waals surface area contributed by atoms with E-state index in [1.54, 1.807) is 6.07 Å². The third kappa shape index (κ3) is 3.66. The maximum atomic E-state index is 5.53. The smallest absolute Gasteiger partial charge is 0.218 e. The van der Waals surface area contributed by atoms with Gasteiger partial charge in [0, 0.05) is 12.0 Å². The van der Waals surface area contributed by atoms with Crippen molar-refractivity contribution in [3.05, 3.63) is 11.9 Å². The molecule has 0 fully saturated rings. The molecular formula is C11H20N4O. The summed E-state index contributed by atoms with van der Waals surface area (Å²) in [5.74, 6) is 7.51. The van der Waals surface area contributed by atoms with E-state index in [0.717, 1.165) is 18.7 Å². The molecule has 5 heteroatoms. The van der Waals surface area contributed by atoms with Crippen LogP contribution in [-0.2, 0) is 0 Å². The van der Waals surface area contributed by atoms with E-state index >= 15 is 0 Å². The van der Waals surface area contributed by atoms with E-state index in [4.69, 9.17) is 10.6 Å². The molecule has 0 saturated heterocycles. The Hall–Kier alpha value is -1.36. The van der Waals surface area contributed by atoms with Crippen LogP contribution in [0.1, 0.15) is 45.4 Å². The Bertz CT molecular complexity index is 328. The third-order valence-corrected chi connectivity index (χ3v) is 2.13. The SMILES string of the molecule is CCCCOc1cc(NN)nc(C(C)C)n1. The summed E-state index contributed by atoms with van der Waals surface area (Å²) in [7, 11) is 0. The highest BCUT2D eigenvalue weighted by Gasteiger charge is 2.08. The molecule has 0 bridgehead atoms. The molecule has 1 rings (SSSR count). The number of unbranched alkanes of at least 4 members (excludes halogenated alkanes) is 1. The molecule has 0 aliphatic carbocycles. The molecule has 0 aromatic carbocycles. The zero-order valence-electron chi connectivity index (χ0n) is 10.2. The van der Waals surface area contributed by atoms with Gasteiger partial charge in [0.25, 0.3) is 0 Å². The first-order valence-electron chi connectivity index (χ1n) is 5.65. The molecule has 0 saturated carbocycles. The van der Waals surface area contributed by atoms with Crippen molar-refractivity contribution < 1.29 is 4.74 Å². The van der Waals surface area contributed by atoms with Gasteiger partial charge in [0.1, 0.15) is 11.6 Å². The number of aromatic nitrogens is 2. The standard InChI is InChI=1S/C11H20N4O/c1-4-5-6-16-10-7-9(15-12)13-11(14-10)8(2)3/h7-8H,4-6,12H2,1-3H3,(H,13,14,15). The number of nitrogens with two attached hydrogens (primary N) is 1. The van der Waals surface area contributed by atoms with Crippen LogP contribution in [0.4, 0.5) is 5.82 Å². The second kappa shape index (κ2) is 6.27. The topological polar surface area (TPSA) is 73.1 Å². The Labute approximate surface area is 96.4 Å². The van der Waals surface area contributed by atoms with Crippen molar-refractivity contribution in [1.29, 1.82) is 0 Å². The quantitative estimate of drug-likeness (QED) is 0.439. The normalized spacial score (nSPS) is 10.6. The summed E-state index contributed by atoms with van der Waals surface area (Å²) in [5, 5.41) is 0. The maximum Gasteiger partial charge on any atom is 0.218 e. The van der Waals surface area contributed by atoms with Crippen LogP contribution in [0, 0.1) is 0 Å². The third-order valence-electron chi connectivity index (χ3n) is 2.13. The van der Waals surface area contributed by atoms with E-state index in [1.807, 2.05) is 13.8 Å². The average Bonchev–Trinajstić information content (AvgIpc) is 2.29. The van der Waals surface area contributed by atoms with Gasteiger partial charge in [-0.05, 0) is 6.42 Å². The number of rotatable bonds is 6. The highest BCUT2D eigenvalue weighted by Crippen LogP contribution is 2.18. The molecule has 0 radical (unpaired) electrons. The van der Waals surface area contributed by atoms with Crippen LogP contribution in [0.25, 0.3) is 0 Å². The number of nitrogens with one attached hydrogen (secondary N) is 1. The summed E-state index contributed by atoms with van der Waals surface area (Å²) in [5.41, 5.74) is 2.52. The Morgan fingerprint density at radius 1 is 1.44 bits per heavy atom. The molecule has 0 unspecified atom stereocenters. The van der Waals surface area contributed by atoms with Gasteiger partial charge in [-0.15, -0.1) is 0 Å². The van der Waals surface area contributed by atoms with E-state index in [9.17, 15) is 0 Å². The van der Waals surface area contributed by atoms with E-state index in [2.05, 4.69) is 22.3 Å². The molecule has 1 aromatic rings. The zero-order valence-corrected chi connectivity index (χ0v) is 10.2. The van der Waals surface area contributed by atoms with Gasteiger partial charge in [-0.1, -0.05) is 27.2 Å². The molecule has 0 aliphatic rings. The van der Waals surface area contributed by atoms with Gasteiger partial charge in [-0.3, -0.25) is 0 Å². The van der Waals surface area contributed by atoms with Crippen molar-refractivity contribution in [1.82, 2.24) is 9.97 Å². The van der Waals surface area contributed by atoms with Gasteiger partial charge < -0.3 is 10.2 Å². The van der Waals surface area contributed by atoms with Crippen molar-refractivity contribution in [3.8, 4) is 5.88 Å². The summed E-state index contributed by atoms with van der Waals surface area (Å²) in [6.45, 7) is 6.86. The summed E-state index contributed by atoms with van der Waals surface area (Å²) >= 11 is 0. The summed E-state index contributed by atoms with van der Waals surface area (Å²) < 4.78 is 5.53. The fourth-order valence-corrected chi connectivity index (χ4v) is 1.17. The lowest BCUT2D eigenvalue weighted by Gasteiger charge is -2.10. The molecule has 0 aliphatic heterocycles. The van der Waals surface area contributed by atoms with Crippen LogP contribution in [0.2, 0.25) is 0 Å². The highest BCUT2D eigenvalue weighted by atomic mass is 16.5. The highest BCUT2D eigenvalue weighted by molar-refractivity contribution is 5.37. The number of nitrogens with zero attached hydrogens (tertiary/aromatic N) is 2. The van der Waals surface area contributed by atoms with Crippen molar-refractivity contribution in [2.75, 3.05) is 12.0 Å². The average molecular weight is 224 g/mol. The van der Waals surface area contributed by atoms with Crippen LogP contribution in [-0.4, -0.2) is 16.6 Å². The molecule has 0 spiro atoms. The minimum Gasteiger partial charge on any atom is -0.478 e. The predicted molar refractivity (Wildman–Crippen MR) is 64.3 cm³/mol. The first kappa shape index (κ1) is 12.7. The van der Waals surface area contributed by atoms with Gasteiger partial charge in [-0.2, -0.15) is 4.98 Å². The van der Waals surface area contributed by atoms with E-state index in [-0.39, 0.29) is 5.92 Å². The monoisotopic (exact) mass is 224 g/mol. The van der Waals surface area contributed by atoms with Crippen molar-refractivity contribution in [2.24, 2.45) is 5.84 Å². The molecule has 1 heterocycles. The number of ether oxygens (including phenoxy) is 1. The van der Waals surface area contributed by atoms with E-state index in [0.29, 0.717) is 18.3 Å². The number of nitrogen functional groups attached to an aromatic ring is 1. The molecule has 5 nitrogen and oxygen atoms in total. The molecule has 1 aromatic heterocycles. The minimum atomic E-state index is 0.252. The number of hydrogen-bond acceptors (Lipinski definition) is 5. The van der Waals surface area contributed by atoms with E-state index < -0.39 is 0 Å². The van der Waals surface area contributed by atoms with Crippen LogP contribution in [0.3, 0.4) is 0 Å². The zero-order chi connectivity index (χ0) is 12.0. The van der Waals surface area contributed by atoms with Crippen LogP contribution >= 0.6 is 0 Å². The Morgan fingerprint density at radius 2 is 2.19 bits per heavy atom. The maximum absolute atomic E-state index is 5.53. The molecule has 3 N–H and O–H groups in total. The molecule has 16 heavy (non-hydrogen) atoms. The lowest BCUT2D eigenvalue weighted by atomic mass is 10.2. The van der Waals surface area contributed by atoms with Gasteiger partial charge in [0.05, 0.1) is 6.61 Å². The van der Waals surface area contributed by atoms with Gasteiger partial charge in [-0.25, -0.2) is 10.8 Å². The summed E-state index contributed by atoms with van der Waals surface area (Å²) in [6.07, 6.45) is 2.12. The summed E-state index contributed by atoms with van der Waals surface area (Å²) in [4.78, 5) is 8.58. The van der Waals surface area contributed by atoms with Crippen LogP contribution in [0.5, 0.6) is 5.88 Å². The number of hydrazine groups is 1. The molecule has 0 atom stereocenters. The van der Waals surface area contributed by atoms with Crippen LogP contribution < -0.4 is 16.0 Å². The fraction of sp³-hybridized carbons (Fsp3) is 0.636. The van der Waals surface area contributed by atoms with E-state index in [1.165, 1.54) is 0 Å². The van der Waals surface area contributed by atoms with Crippen molar-refractivity contribution in [2.45, 2.75) is 39.5 Å². The minimum absolute atomic E-state index is 0.252. The first-order chi connectivity index (χ1) is 7.67. The Balaban J connectivity index is 2.78. The predicted octanol–water partition coefficient (Wildman–Crippen LogP) is 2.06. The number of hydrogen-bond donors (Lipinski definition) is 2.